The lowest BCUT2D eigenvalue weighted by Crippen LogP contribution is -2.33. The zero-order chi connectivity index (χ0) is 16.1. The molecule has 1 unspecified atom stereocenters. The van der Waals surface area contributed by atoms with Crippen LogP contribution in [0, 0.1) is 5.92 Å². The van der Waals surface area contributed by atoms with Gasteiger partial charge in [-0.1, -0.05) is 19.1 Å². The zero-order valence-electron chi connectivity index (χ0n) is 13.6. The van der Waals surface area contributed by atoms with Crippen LogP contribution in [0.15, 0.2) is 36.4 Å². The number of hydrogen-bond acceptors (Lipinski definition) is 3. The number of nitrogens with zero attached hydrogens (tertiary/aromatic N) is 2. The average molecular weight is 302 g/mol. The molecule has 4 nitrogen and oxygen atoms in total. The number of aliphatic carboxylic acids is 1. The Kier molecular flexibility index (Phi) is 5.47. The van der Waals surface area contributed by atoms with Crippen LogP contribution in [0.25, 0.3) is 0 Å². The second-order valence-electron chi connectivity index (χ2n) is 6.29. The summed E-state index contributed by atoms with van der Waals surface area (Å²) >= 11 is 0. The first-order chi connectivity index (χ1) is 10.5. The Hall–Kier alpha value is -1.97. The molecule has 0 radical (unpaired) electrons. The van der Waals surface area contributed by atoms with E-state index in [0.29, 0.717) is 13.1 Å². The summed E-state index contributed by atoms with van der Waals surface area (Å²) in [7, 11) is 0. The van der Waals surface area contributed by atoms with E-state index in [1.807, 2.05) is 6.92 Å². The highest BCUT2D eigenvalue weighted by atomic mass is 16.4. The summed E-state index contributed by atoms with van der Waals surface area (Å²) in [5.41, 5.74) is 3.34. The highest BCUT2D eigenvalue weighted by Crippen LogP contribution is 2.24. The zero-order valence-corrected chi connectivity index (χ0v) is 13.6. The molecule has 0 aromatic heterocycles. The first kappa shape index (κ1) is 16.4. The van der Waals surface area contributed by atoms with Gasteiger partial charge in [0.25, 0.3) is 0 Å². The predicted octanol–water partition coefficient (Wildman–Crippen LogP) is 3.39. The number of anilines is 2. The maximum atomic E-state index is 11.1. The third-order valence-electron chi connectivity index (χ3n) is 4.06. The SMILES string of the molecule is C=C(C)CN(CC(C)C(=O)O)c1ccc(N2CCCC2)cc1. The fourth-order valence-corrected chi connectivity index (χ4v) is 2.85. The topological polar surface area (TPSA) is 43.8 Å². The molecule has 22 heavy (non-hydrogen) atoms. The molecule has 1 aromatic rings. The van der Waals surface area contributed by atoms with Gasteiger partial charge in [-0.15, -0.1) is 0 Å². The van der Waals surface area contributed by atoms with Gasteiger partial charge >= 0.3 is 5.97 Å². The van der Waals surface area contributed by atoms with Gasteiger partial charge in [-0.3, -0.25) is 4.79 Å². The van der Waals surface area contributed by atoms with Crippen molar-refractivity contribution >= 4 is 17.3 Å². The molecule has 0 aliphatic carbocycles. The molecule has 1 aromatic carbocycles. The summed E-state index contributed by atoms with van der Waals surface area (Å²) in [6.45, 7) is 11.1. The molecule has 1 N–H and O–H groups in total. The molecule has 0 amide bonds. The third kappa shape index (κ3) is 4.26. The fraction of sp³-hybridized carbons (Fsp3) is 0.500. The van der Waals surface area contributed by atoms with Gasteiger partial charge < -0.3 is 14.9 Å². The second kappa shape index (κ2) is 7.34. The van der Waals surface area contributed by atoms with Crippen molar-refractivity contribution in [2.45, 2.75) is 26.7 Å². The van der Waals surface area contributed by atoms with Crippen LogP contribution in [0.5, 0.6) is 0 Å². The highest BCUT2D eigenvalue weighted by molar-refractivity contribution is 5.70. The van der Waals surface area contributed by atoms with E-state index in [4.69, 9.17) is 5.11 Å². The van der Waals surface area contributed by atoms with Gasteiger partial charge in [-0.25, -0.2) is 0 Å². The van der Waals surface area contributed by atoms with Crippen LogP contribution in [0.2, 0.25) is 0 Å². The Bertz CT molecular complexity index is 518. The first-order valence-corrected chi connectivity index (χ1v) is 7.94. The molecule has 1 aliphatic rings. The summed E-state index contributed by atoms with van der Waals surface area (Å²) < 4.78 is 0. The van der Waals surface area contributed by atoms with Gasteiger partial charge in [0.2, 0.25) is 0 Å². The van der Waals surface area contributed by atoms with Crippen molar-refractivity contribution in [1.29, 1.82) is 0 Å². The third-order valence-corrected chi connectivity index (χ3v) is 4.06. The molecule has 4 heteroatoms. The van der Waals surface area contributed by atoms with E-state index in [1.54, 1.807) is 6.92 Å². The van der Waals surface area contributed by atoms with Gasteiger partial charge in [-0.2, -0.15) is 0 Å². The van der Waals surface area contributed by atoms with Gasteiger partial charge in [-0.05, 0) is 44.0 Å². The molecule has 0 bridgehead atoms. The monoisotopic (exact) mass is 302 g/mol. The number of carboxylic acids is 1. The summed E-state index contributed by atoms with van der Waals surface area (Å²) in [6, 6.07) is 8.45. The van der Waals surface area contributed by atoms with E-state index in [-0.39, 0.29) is 0 Å². The average Bonchev–Trinajstić information content (AvgIpc) is 3.00. The quantitative estimate of drug-likeness (QED) is 0.784. The maximum absolute atomic E-state index is 11.1. The molecule has 1 aliphatic heterocycles. The summed E-state index contributed by atoms with van der Waals surface area (Å²) in [6.07, 6.45) is 2.53. The van der Waals surface area contributed by atoms with E-state index in [2.05, 4.69) is 40.6 Å². The van der Waals surface area contributed by atoms with Crippen molar-refractivity contribution in [3.05, 3.63) is 36.4 Å². The number of benzene rings is 1. The molecule has 0 saturated carbocycles. The normalized spacial score (nSPS) is 15.6. The summed E-state index contributed by atoms with van der Waals surface area (Å²) in [5.74, 6) is -1.17. The molecule has 1 saturated heterocycles. The van der Waals surface area contributed by atoms with Crippen molar-refractivity contribution in [2.75, 3.05) is 36.0 Å². The van der Waals surface area contributed by atoms with Crippen LogP contribution in [-0.4, -0.2) is 37.3 Å². The Balaban J connectivity index is 2.12. The maximum Gasteiger partial charge on any atom is 0.308 e. The minimum absolute atomic E-state index is 0.405. The van der Waals surface area contributed by atoms with E-state index in [9.17, 15) is 4.79 Å². The van der Waals surface area contributed by atoms with Crippen molar-refractivity contribution in [1.82, 2.24) is 0 Å². The standard InChI is InChI=1S/C18H26N2O2/c1-14(2)12-20(13-15(3)18(21)22)17-8-6-16(7-9-17)19-10-4-5-11-19/h6-9,15H,1,4-5,10-13H2,2-3H3,(H,21,22). The summed E-state index contributed by atoms with van der Waals surface area (Å²) in [5, 5.41) is 9.14. The molecule has 1 heterocycles. The van der Waals surface area contributed by atoms with E-state index < -0.39 is 11.9 Å². The van der Waals surface area contributed by atoms with E-state index >= 15 is 0 Å². The van der Waals surface area contributed by atoms with Crippen molar-refractivity contribution in [3.8, 4) is 0 Å². The Morgan fingerprint density at radius 2 is 1.91 bits per heavy atom. The first-order valence-electron chi connectivity index (χ1n) is 7.94. The van der Waals surface area contributed by atoms with Crippen LogP contribution in [0.3, 0.4) is 0 Å². The van der Waals surface area contributed by atoms with Crippen molar-refractivity contribution < 1.29 is 9.90 Å². The van der Waals surface area contributed by atoms with Gasteiger partial charge in [0, 0.05) is 37.6 Å². The highest BCUT2D eigenvalue weighted by Gasteiger charge is 2.17. The number of rotatable bonds is 7. The van der Waals surface area contributed by atoms with Gasteiger partial charge in [0.1, 0.15) is 0 Å². The summed E-state index contributed by atoms with van der Waals surface area (Å²) in [4.78, 5) is 15.6. The van der Waals surface area contributed by atoms with Crippen molar-refractivity contribution in [3.63, 3.8) is 0 Å². The number of carbonyl (C=O) groups is 1. The van der Waals surface area contributed by atoms with E-state index in [0.717, 1.165) is 24.4 Å². The van der Waals surface area contributed by atoms with Crippen LogP contribution in [-0.2, 0) is 4.79 Å². The van der Waals surface area contributed by atoms with Gasteiger partial charge in [0.05, 0.1) is 5.92 Å². The van der Waals surface area contributed by atoms with Crippen molar-refractivity contribution in [2.24, 2.45) is 5.92 Å². The minimum atomic E-state index is -0.764. The van der Waals surface area contributed by atoms with Crippen LogP contribution >= 0.6 is 0 Å². The number of hydrogen-bond donors (Lipinski definition) is 1. The lowest BCUT2D eigenvalue weighted by atomic mass is 10.1. The smallest absolute Gasteiger partial charge is 0.308 e. The molecule has 1 fully saturated rings. The Labute approximate surface area is 133 Å². The molecule has 120 valence electrons. The Morgan fingerprint density at radius 1 is 1.32 bits per heavy atom. The second-order valence-corrected chi connectivity index (χ2v) is 6.29. The molecule has 2 rings (SSSR count). The lowest BCUT2D eigenvalue weighted by Gasteiger charge is -2.27. The molecular weight excluding hydrogens is 276 g/mol. The molecule has 1 atom stereocenters. The number of carboxylic acid groups (broad SMARTS) is 1. The lowest BCUT2D eigenvalue weighted by molar-refractivity contribution is -0.140. The fourth-order valence-electron chi connectivity index (χ4n) is 2.85. The largest absolute Gasteiger partial charge is 0.481 e. The van der Waals surface area contributed by atoms with Crippen LogP contribution in [0.1, 0.15) is 26.7 Å². The minimum Gasteiger partial charge on any atom is -0.481 e. The van der Waals surface area contributed by atoms with Crippen LogP contribution in [0.4, 0.5) is 11.4 Å². The van der Waals surface area contributed by atoms with Crippen LogP contribution < -0.4 is 9.80 Å². The molecular formula is C18H26N2O2. The van der Waals surface area contributed by atoms with E-state index in [1.165, 1.54) is 18.5 Å². The molecule has 0 spiro atoms. The predicted molar refractivity (Wildman–Crippen MR) is 91.7 cm³/mol. The van der Waals surface area contributed by atoms with Gasteiger partial charge in [0.15, 0.2) is 0 Å². The Morgan fingerprint density at radius 3 is 2.41 bits per heavy atom.